The van der Waals surface area contributed by atoms with Crippen molar-refractivity contribution in [1.82, 2.24) is 9.47 Å². The third-order valence-electron chi connectivity index (χ3n) is 3.11. The quantitative estimate of drug-likeness (QED) is 0.713. The van der Waals surface area contributed by atoms with Crippen molar-refractivity contribution in [2.45, 2.75) is 32.2 Å². The zero-order chi connectivity index (χ0) is 10.0. The largest absolute Gasteiger partial charge is 0.348 e. The molecule has 2 rings (SSSR count). The van der Waals surface area contributed by atoms with E-state index >= 15 is 0 Å². The zero-order valence-electron chi connectivity index (χ0n) is 9.24. The van der Waals surface area contributed by atoms with E-state index in [1.165, 1.54) is 32.5 Å². The summed E-state index contributed by atoms with van der Waals surface area (Å²) in [5, 5.41) is 0. The molecule has 0 radical (unpaired) electrons. The van der Waals surface area contributed by atoms with Crippen molar-refractivity contribution in [3.05, 3.63) is 24.5 Å². The van der Waals surface area contributed by atoms with Gasteiger partial charge in [-0.05, 0) is 51.9 Å². The topological polar surface area (TPSA) is 8.17 Å². The van der Waals surface area contributed by atoms with E-state index in [2.05, 4.69) is 47.8 Å². The van der Waals surface area contributed by atoms with Crippen LogP contribution in [0, 0.1) is 0 Å². The average molecular weight is 192 g/mol. The molecule has 1 aliphatic rings. The number of aromatic nitrogens is 1. The monoisotopic (exact) mass is 192 g/mol. The maximum atomic E-state index is 2.57. The molecule has 2 heterocycles. The van der Waals surface area contributed by atoms with Crippen LogP contribution in [0.1, 0.15) is 26.7 Å². The summed E-state index contributed by atoms with van der Waals surface area (Å²) in [6, 6.07) is 4.21. The molecule has 1 aliphatic heterocycles. The highest BCUT2D eigenvalue weighted by Crippen LogP contribution is 2.19. The van der Waals surface area contributed by atoms with E-state index in [4.69, 9.17) is 0 Å². The minimum atomic E-state index is 0.230. The molecule has 0 amide bonds. The van der Waals surface area contributed by atoms with Gasteiger partial charge in [0.25, 0.3) is 0 Å². The second-order valence-electron chi connectivity index (χ2n) is 4.89. The summed E-state index contributed by atoms with van der Waals surface area (Å²) in [6.07, 6.45) is 7.08. The Balaban J connectivity index is 2.01. The molecule has 0 spiro atoms. The predicted molar refractivity (Wildman–Crippen MR) is 59.4 cm³/mol. The normalized spacial score (nSPS) is 19.0. The molecule has 0 saturated carbocycles. The lowest BCUT2D eigenvalue weighted by molar-refractivity contribution is 0.212. The van der Waals surface area contributed by atoms with E-state index in [0.717, 1.165) is 0 Å². The lowest BCUT2D eigenvalue weighted by Crippen LogP contribution is -2.39. The van der Waals surface area contributed by atoms with Gasteiger partial charge in [0.15, 0.2) is 0 Å². The molecule has 0 N–H and O–H groups in total. The van der Waals surface area contributed by atoms with E-state index in [9.17, 15) is 0 Å². The van der Waals surface area contributed by atoms with Crippen molar-refractivity contribution in [2.75, 3.05) is 19.6 Å². The Hall–Kier alpha value is -0.760. The average Bonchev–Trinajstić information content (AvgIpc) is 2.71. The Morgan fingerprint density at radius 1 is 1.07 bits per heavy atom. The molecular formula is C12H20N2. The van der Waals surface area contributed by atoms with Crippen LogP contribution in [0.3, 0.4) is 0 Å². The molecule has 1 fully saturated rings. The second kappa shape index (κ2) is 3.77. The van der Waals surface area contributed by atoms with Crippen molar-refractivity contribution in [3.63, 3.8) is 0 Å². The first kappa shape index (κ1) is 9.78. The summed E-state index contributed by atoms with van der Waals surface area (Å²) in [5.74, 6) is 0. The third kappa shape index (κ3) is 2.01. The summed E-state index contributed by atoms with van der Waals surface area (Å²) in [4.78, 5) is 2.57. The van der Waals surface area contributed by atoms with Crippen LogP contribution >= 0.6 is 0 Å². The Morgan fingerprint density at radius 3 is 2.21 bits per heavy atom. The van der Waals surface area contributed by atoms with Gasteiger partial charge in [-0.2, -0.15) is 0 Å². The Bertz CT molecular complexity index is 269. The van der Waals surface area contributed by atoms with Crippen LogP contribution in [0.4, 0.5) is 0 Å². The molecule has 1 aromatic heterocycles. The van der Waals surface area contributed by atoms with Crippen LogP contribution in [0.25, 0.3) is 0 Å². The van der Waals surface area contributed by atoms with E-state index in [1.54, 1.807) is 0 Å². The van der Waals surface area contributed by atoms with Gasteiger partial charge < -0.3 is 9.47 Å². The van der Waals surface area contributed by atoms with Crippen LogP contribution < -0.4 is 0 Å². The number of hydrogen-bond donors (Lipinski definition) is 0. The molecule has 0 unspecified atom stereocenters. The van der Waals surface area contributed by atoms with Crippen molar-refractivity contribution < 1.29 is 0 Å². The lowest BCUT2D eigenvalue weighted by Gasteiger charge is -2.31. The van der Waals surface area contributed by atoms with E-state index < -0.39 is 0 Å². The Kier molecular flexibility index (Phi) is 2.64. The van der Waals surface area contributed by atoms with Gasteiger partial charge in [0.1, 0.15) is 0 Å². The van der Waals surface area contributed by atoms with Crippen LogP contribution in [0.2, 0.25) is 0 Å². The fraction of sp³-hybridized carbons (Fsp3) is 0.667. The molecule has 0 aliphatic carbocycles. The summed E-state index contributed by atoms with van der Waals surface area (Å²) in [5.41, 5.74) is 0.230. The van der Waals surface area contributed by atoms with Crippen LogP contribution in [-0.4, -0.2) is 29.1 Å². The summed E-state index contributed by atoms with van der Waals surface area (Å²) < 4.78 is 2.31. The molecule has 2 nitrogen and oxygen atoms in total. The zero-order valence-corrected chi connectivity index (χ0v) is 9.24. The maximum absolute atomic E-state index is 2.57. The second-order valence-corrected chi connectivity index (χ2v) is 4.89. The van der Waals surface area contributed by atoms with E-state index in [1.807, 2.05) is 0 Å². The Labute approximate surface area is 86.5 Å². The lowest BCUT2D eigenvalue weighted by atomic mass is 10.1. The molecule has 0 aromatic carbocycles. The third-order valence-corrected chi connectivity index (χ3v) is 3.11. The van der Waals surface area contributed by atoms with Gasteiger partial charge in [0.05, 0.1) is 5.54 Å². The first-order chi connectivity index (χ1) is 6.68. The highest BCUT2D eigenvalue weighted by molar-refractivity contribution is 4.97. The molecule has 1 aromatic rings. The SMILES string of the molecule is CC(C)(CN1CCCC1)n1cccc1. The summed E-state index contributed by atoms with van der Waals surface area (Å²) >= 11 is 0. The van der Waals surface area contributed by atoms with Crippen LogP contribution in [0.15, 0.2) is 24.5 Å². The van der Waals surface area contributed by atoms with Crippen LogP contribution in [-0.2, 0) is 5.54 Å². The minimum Gasteiger partial charge on any atom is -0.348 e. The van der Waals surface area contributed by atoms with Crippen molar-refractivity contribution >= 4 is 0 Å². The summed E-state index contributed by atoms with van der Waals surface area (Å²) in [7, 11) is 0. The number of rotatable bonds is 3. The maximum Gasteiger partial charge on any atom is 0.0510 e. The van der Waals surface area contributed by atoms with Gasteiger partial charge in [-0.25, -0.2) is 0 Å². The van der Waals surface area contributed by atoms with E-state index in [-0.39, 0.29) is 5.54 Å². The highest BCUT2D eigenvalue weighted by atomic mass is 15.2. The number of likely N-dealkylation sites (tertiary alicyclic amines) is 1. The fourth-order valence-corrected chi connectivity index (χ4v) is 2.31. The van der Waals surface area contributed by atoms with Gasteiger partial charge in [-0.1, -0.05) is 0 Å². The molecule has 78 valence electrons. The van der Waals surface area contributed by atoms with Crippen molar-refractivity contribution in [1.29, 1.82) is 0 Å². The smallest absolute Gasteiger partial charge is 0.0510 e. The predicted octanol–water partition coefficient (Wildman–Crippen LogP) is 2.32. The van der Waals surface area contributed by atoms with Gasteiger partial charge in [0.2, 0.25) is 0 Å². The van der Waals surface area contributed by atoms with Gasteiger partial charge >= 0.3 is 0 Å². The van der Waals surface area contributed by atoms with Gasteiger partial charge in [-0.15, -0.1) is 0 Å². The van der Waals surface area contributed by atoms with E-state index in [0.29, 0.717) is 0 Å². The first-order valence-electron chi connectivity index (χ1n) is 5.54. The molecule has 14 heavy (non-hydrogen) atoms. The number of hydrogen-bond acceptors (Lipinski definition) is 1. The van der Waals surface area contributed by atoms with Gasteiger partial charge in [0, 0.05) is 18.9 Å². The fourth-order valence-electron chi connectivity index (χ4n) is 2.31. The molecule has 1 saturated heterocycles. The molecular weight excluding hydrogens is 172 g/mol. The molecule has 2 heteroatoms. The molecule has 0 bridgehead atoms. The first-order valence-corrected chi connectivity index (χ1v) is 5.54. The number of nitrogens with zero attached hydrogens (tertiary/aromatic N) is 2. The molecule has 0 atom stereocenters. The summed E-state index contributed by atoms with van der Waals surface area (Å²) in [6.45, 7) is 8.35. The highest BCUT2D eigenvalue weighted by Gasteiger charge is 2.24. The Morgan fingerprint density at radius 2 is 1.64 bits per heavy atom. The van der Waals surface area contributed by atoms with Gasteiger partial charge in [-0.3, -0.25) is 0 Å². The standard InChI is InChI=1S/C12H20N2/c1-12(2,14-9-5-6-10-14)11-13-7-3-4-8-13/h5-6,9-10H,3-4,7-8,11H2,1-2H3. The minimum absolute atomic E-state index is 0.230. The van der Waals surface area contributed by atoms with Crippen molar-refractivity contribution in [3.8, 4) is 0 Å². The van der Waals surface area contributed by atoms with Crippen LogP contribution in [0.5, 0.6) is 0 Å². The van der Waals surface area contributed by atoms with Crippen molar-refractivity contribution in [2.24, 2.45) is 0 Å².